The molecule has 1 amide bonds. The molecule has 7 nitrogen and oxygen atoms in total. The Kier molecular flexibility index (Phi) is 5.95. The number of hydrogen-bond acceptors (Lipinski definition) is 5. The molecule has 0 spiro atoms. The first-order chi connectivity index (χ1) is 11.5. The van der Waals surface area contributed by atoms with Crippen molar-refractivity contribution in [3.63, 3.8) is 0 Å². The molecule has 1 aromatic heterocycles. The van der Waals surface area contributed by atoms with Crippen molar-refractivity contribution in [1.29, 1.82) is 0 Å². The molecular formula is C17H22N4O3. The normalized spacial score (nSPS) is 10.8. The molecule has 24 heavy (non-hydrogen) atoms. The Morgan fingerprint density at radius 3 is 2.67 bits per heavy atom. The number of amides is 1. The third kappa shape index (κ3) is 4.34. The lowest BCUT2D eigenvalue weighted by molar-refractivity contribution is -0.121. The van der Waals surface area contributed by atoms with Gasteiger partial charge in [0.15, 0.2) is 11.5 Å². The smallest absolute Gasteiger partial charge is 0.240 e. The monoisotopic (exact) mass is 330 g/mol. The van der Waals surface area contributed by atoms with Gasteiger partial charge in [0.05, 0.1) is 26.1 Å². The molecule has 128 valence electrons. The van der Waals surface area contributed by atoms with Crippen LogP contribution < -0.4 is 14.9 Å². The number of rotatable bonds is 7. The van der Waals surface area contributed by atoms with Crippen molar-refractivity contribution < 1.29 is 14.3 Å². The summed E-state index contributed by atoms with van der Waals surface area (Å²) in [6, 6.07) is 5.40. The minimum atomic E-state index is -0.147. The number of methoxy groups -OCH3 is 2. The molecule has 0 aliphatic rings. The molecule has 0 aliphatic heterocycles. The van der Waals surface area contributed by atoms with Crippen LogP contribution >= 0.6 is 0 Å². The van der Waals surface area contributed by atoms with Gasteiger partial charge >= 0.3 is 0 Å². The Morgan fingerprint density at radius 2 is 2.04 bits per heavy atom. The van der Waals surface area contributed by atoms with Gasteiger partial charge in [0.1, 0.15) is 0 Å². The van der Waals surface area contributed by atoms with Crippen molar-refractivity contribution in [2.24, 2.45) is 5.10 Å². The summed E-state index contributed by atoms with van der Waals surface area (Å²) in [5.74, 6) is 1.11. The number of hydrogen-bond donors (Lipinski definition) is 2. The van der Waals surface area contributed by atoms with Gasteiger partial charge in [-0.05, 0) is 49.6 Å². The lowest BCUT2D eigenvalue weighted by Gasteiger charge is -2.07. The molecule has 2 rings (SSSR count). The van der Waals surface area contributed by atoms with E-state index in [2.05, 4.69) is 20.7 Å². The molecule has 0 bridgehead atoms. The molecule has 7 heteroatoms. The van der Waals surface area contributed by atoms with Crippen LogP contribution in [0.5, 0.6) is 11.5 Å². The molecule has 0 radical (unpaired) electrons. The highest BCUT2D eigenvalue weighted by atomic mass is 16.5. The fraction of sp³-hybridized carbons (Fsp3) is 0.353. The maximum Gasteiger partial charge on any atom is 0.240 e. The van der Waals surface area contributed by atoms with Crippen LogP contribution in [0.2, 0.25) is 0 Å². The van der Waals surface area contributed by atoms with Crippen LogP contribution in [0, 0.1) is 13.8 Å². The molecule has 0 saturated heterocycles. The highest BCUT2D eigenvalue weighted by molar-refractivity contribution is 5.83. The number of benzene rings is 1. The molecule has 0 unspecified atom stereocenters. The van der Waals surface area contributed by atoms with Crippen molar-refractivity contribution in [2.45, 2.75) is 26.7 Å². The van der Waals surface area contributed by atoms with Gasteiger partial charge in [0.25, 0.3) is 0 Å². The van der Waals surface area contributed by atoms with E-state index in [1.807, 2.05) is 19.9 Å². The number of carbonyl (C=O) groups excluding carboxylic acids is 1. The van der Waals surface area contributed by atoms with Crippen molar-refractivity contribution in [1.82, 2.24) is 15.6 Å². The van der Waals surface area contributed by atoms with Crippen LogP contribution in [0.15, 0.2) is 23.3 Å². The van der Waals surface area contributed by atoms with Crippen LogP contribution in [-0.2, 0) is 11.2 Å². The fourth-order valence-electron chi connectivity index (χ4n) is 2.35. The van der Waals surface area contributed by atoms with Gasteiger partial charge in [-0.2, -0.15) is 10.2 Å². The first-order valence-electron chi connectivity index (χ1n) is 7.59. The number of nitrogens with one attached hydrogen (secondary N) is 2. The van der Waals surface area contributed by atoms with Crippen LogP contribution in [0.25, 0.3) is 0 Å². The predicted molar refractivity (Wildman–Crippen MR) is 91.7 cm³/mol. The van der Waals surface area contributed by atoms with E-state index in [-0.39, 0.29) is 5.91 Å². The molecule has 0 aliphatic carbocycles. The second-order valence-corrected chi connectivity index (χ2v) is 5.32. The SMILES string of the molecule is COc1ccc(/C=N\NC(=O)CCc2c(C)n[nH]c2C)cc1OC. The van der Waals surface area contributed by atoms with E-state index >= 15 is 0 Å². The van der Waals surface area contributed by atoms with Crippen LogP contribution in [0.3, 0.4) is 0 Å². The summed E-state index contributed by atoms with van der Waals surface area (Å²) in [6.45, 7) is 3.87. The molecule has 0 saturated carbocycles. The third-order valence-electron chi connectivity index (χ3n) is 3.69. The summed E-state index contributed by atoms with van der Waals surface area (Å²) >= 11 is 0. The molecule has 1 heterocycles. The van der Waals surface area contributed by atoms with Crippen LogP contribution in [0.4, 0.5) is 0 Å². The van der Waals surface area contributed by atoms with Crippen molar-refractivity contribution in [2.75, 3.05) is 14.2 Å². The topological polar surface area (TPSA) is 88.6 Å². The second kappa shape index (κ2) is 8.14. The minimum Gasteiger partial charge on any atom is -0.493 e. The zero-order chi connectivity index (χ0) is 17.5. The number of aromatic amines is 1. The molecular weight excluding hydrogens is 308 g/mol. The summed E-state index contributed by atoms with van der Waals surface area (Å²) in [4.78, 5) is 11.9. The second-order valence-electron chi connectivity index (χ2n) is 5.32. The number of aromatic nitrogens is 2. The van der Waals surface area contributed by atoms with Gasteiger partial charge in [-0.3, -0.25) is 9.89 Å². The van der Waals surface area contributed by atoms with E-state index < -0.39 is 0 Å². The Hall–Kier alpha value is -2.83. The van der Waals surface area contributed by atoms with Gasteiger partial charge in [-0.1, -0.05) is 0 Å². The van der Waals surface area contributed by atoms with Gasteiger partial charge in [-0.25, -0.2) is 5.43 Å². The molecule has 0 atom stereocenters. The highest BCUT2D eigenvalue weighted by Gasteiger charge is 2.08. The molecule has 2 aromatic rings. The third-order valence-corrected chi connectivity index (χ3v) is 3.69. The Morgan fingerprint density at radius 1 is 1.29 bits per heavy atom. The standard InChI is InChI=1S/C17H22N4O3/c1-11-14(12(2)20-19-11)6-8-17(22)21-18-10-13-5-7-15(23-3)16(9-13)24-4/h5,7,9-10H,6,8H2,1-4H3,(H,19,20)(H,21,22)/b18-10-. The molecule has 0 fully saturated rings. The first kappa shape index (κ1) is 17.5. The Bertz CT molecular complexity index is 718. The van der Waals surface area contributed by atoms with E-state index in [1.54, 1.807) is 32.6 Å². The van der Waals surface area contributed by atoms with E-state index in [0.29, 0.717) is 24.3 Å². The number of hydrazone groups is 1. The Labute approximate surface area is 141 Å². The predicted octanol–water partition coefficient (Wildman–Crippen LogP) is 2.13. The van der Waals surface area contributed by atoms with Crippen molar-refractivity contribution in [3.8, 4) is 11.5 Å². The number of ether oxygens (including phenoxy) is 2. The lowest BCUT2D eigenvalue weighted by atomic mass is 10.1. The van der Waals surface area contributed by atoms with E-state index in [0.717, 1.165) is 22.5 Å². The van der Waals surface area contributed by atoms with E-state index in [4.69, 9.17) is 9.47 Å². The van der Waals surface area contributed by atoms with Gasteiger partial charge in [-0.15, -0.1) is 0 Å². The van der Waals surface area contributed by atoms with Gasteiger partial charge in [0, 0.05) is 12.1 Å². The van der Waals surface area contributed by atoms with Crippen molar-refractivity contribution in [3.05, 3.63) is 40.7 Å². The summed E-state index contributed by atoms with van der Waals surface area (Å²) < 4.78 is 10.4. The fourth-order valence-corrected chi connectivity index (χ4v) is 2.35. The number of nitrogens with zero attached hydrogens (tertiary/aromatic N) is 2. The first-order valence-corrected chi connectivity index (χ1v) is 7.59. The zero-order valence-electron chi connectivity index (χ0n) is 14.3. The number of carbonyl (C=O) groups is 1. The summed E-state index contributed by atoms with van der Waals surface area (Å²) in [6.07, 6.45) is 2.55. The average Bonchev–Trinajstić information content (AvgIpc) is 2.91. The maximum atomic E-state index is 11.9. The quantitative estimate of drug-likeness (QED) is 0.601. The highest BCUT2D eigenvalue weighted by Crippen LogP contribution is 2.26. The zero-order valence-corrected chi connectivity index (χ0v) is 14.3. The lowest BCUT2D eigenvalue weighted by Crippen LogP contribution is -2.18. The van der Waals surface area contributed by atoms with E-state index in [1.165, 1.54) is 0 Å². The summed E-state index contributed by atoms with van der Waals surface area (Å²) in [5.41, 5.74) is 6.32. The Balaban J connectivity index is 1.88. The van der Waals surface area contributed by atoms with Gasteiger partial charge in [0.2, 0.25) is 5.91 Å². The maximum absolute atomic E-state index is 11.9. The number of H-pyrrole nitrogens is 1. The van der Waals surface area contributed by atoms with Crippen LogP contribution in [-0.4, -0.2) is 36.5 Å². The minimum absolute atomic E-state index is 0.147. The molecule has 1 aromatic carbocycles. The largest absolute Gasteiger partial charge is 0.493 e. The molecule has 2 N–H and O–H groups in total. The number of aryl methyl sites for hydroxylation is 2. The van der Waals surface area contributed by atoms with Crippen LogP contribution in [0.1, 0.15) is 28.9 Å². The van der Waals surface area contributed by atoms with Gasteiger partial charge < -0.3 is 9.47 Å². The van der Waals surface area contributed by atoms with E-state index in [9.17, 15) is 4.79 Å². The summed E-state index contributed by atoms with van der Waals surface area (Å²) in [5, 5.41) is 11.0. The van der Waals surface area contributed by atoms with Crippen molar-refractivity contribution >= 4 is 12.1 Å². The average molecular weight is 330 g/mol. The summed E-state index contributed by atoms with van der Waals surface area (Å²) in [7, 11) is 3.15.